The Balaban J connectivity index is 1.10. The molecule has 2 N–H and O–H groups in total. The monoisotopic (exact) mass is 650 g/mol. The van der Waals surface area contributed by atoms with Gasteiger partial charge < -0.3 is 19.7 Å². The first-order valence-corrected chi connectivity index (χ1v) is 15.7. The number of fused-ring (bicyclic) bond motifs is 2. The molecule has 2 aliphatic rings. The molecule has 2 aromatic heterocycles. The molecule has 4 heterocycles. The minimum Gasteiger partial charge on any atom is -0.493 e. The summed E-state index contributed by atoms with van der Waals surface area (Å²) in [6.07, 6.45) is 0. The summed E-state index contributed by atoms with van der Waals surface area (Å²) in [5.74, 6) is -1.60. The highest BCUT2D eigenvalue weighted by Gasteiger charge is 2.22. The summed E-state index contributed by atoms with van der Waals surface area (Å²) < 4.78 is 14.3. The lowest BCUT2D eigenvalue weighted by atomic mass is 10.1. The lowest BCUT2D eigenvalue weighted by Crippen LogP contribution is -2.37. The van der Waals surface area contributed by atoms with Crippen LogP contribution in [-0.4, -0.2) is 93.6 Å². The van der Waals surface area contributed by atoms with Crippen LogP contribution in [0.2, 0.25) is 0 Å². The number of carbonyl (C=O) groups excluding carboxylic acids is 2. The fraction of sp³-hybridized carbons (Fsp3) is 0.294. The van der Waals surface area contributed by atoms with Crippen LogP contribution in [0.3, 0.4) is 0 Å². The molecule has 2 aliphatic heterocycles. The number of hydrogen-bond donors (Lipinski definition) is 2. The van der Waals surface area contributed by atoms with Crippen molar-refractivity contribution in [3.8, 4) is 11.8 Å². The molecule has 14 heteroatoms. The molecule has 2 fully saturated rings. The zero-order valence-electron chi connectivity index (χ0n) is 26.1. The molecule has 0 bridgehead atoms. The molecule has 48 heavy (non-hydrogen) atoms. The van der Waals surface area contributed by atoms with E-state index in [0.29, 0.717) is 50.5 Å². The normalized spacial score (nSPS) is 16.5. The van der Waals surface area contributed by atoms with Gasteiger partial charge in [-0.2, -0.15) is 0 Å². The van der Waals surface area contributed by atoms with Crippen LogP contribution in [0.5, 0.6) is 11.8 Å². The molecule has 246 valence electrons. The SMILES string of the molecule is O=C(N=Nc1c(O)n(CN2CCOCC2)c2ccccc12)c1cccc(C(=O)N=Nc2c(O)n(CN3CCOCC3)c3ccccc23)c1. The van der Waals surface area contributed by atoms with Gasteiger partial charge in [-0.3, -0.25) is 28.5 Å². The fourth-order valence-corrected chi connectivity index (χ4v) is 6.00. The van der Waals surface area contributed by atoms with Crippen molar-refractivity contribution in [1.29, 1.82) is 0 Å². The lowest BCUT2D eigenvalue weighted by Gasteiger charge is -2.27. The van der Waals surface area contributed by atoms with Crippen LogP contribution in [0.15, 0.2) is 93.3 Å². The number of benzene rings is 3. The van der Waals surface area contributed by atoms with E-state index in [-0.39, 0.29) is 34.3 Å². The maximum atomic E-state index is 13.1. The Labute approximate surface area is 275 Å². The predicted molar refractivity (Wildman–Crippen MR) is 176 cm³/mol. The zero-order valence-corrected chi connectivity index (χ0v) is 26.1. The number of morpholine rings is 2. The van der Waals surface area contributed by atoms with E-state index in [9.17, 15) is 19.8 Å². The standard InChI is InChI=1S/C34H34N8O6/c43-31(37-35-29-25-8-1-3-10-27(25)41(33(29)45)21-39-12-16-47-17-13-39)23-6-5-7-24(20-23)32(44)38-36-30-26-9-2-4-11-28(26)42(34(30)46)22-40-14-18-48-19-15-40/h1-11,20,45-46H,12-19,21-22H2. The summed E-state index contributed by atoms with van der Waals surface area (Å²) >= 11 is 0. The Bertz CT molecular complexity index is 1900. The van der Waals surface area contributed by atoms with Crippen molar-refractivity contribution in [1.82, 2.24) is 18.9 Å². The van der Waals surface area contributed by atoms with E-state index in [2.05, 4.69) is 30.3 Å². The molecule has 0 unspecified atom stereocenters. The van der Waals surface area contributed by atoms with Gasteiger partial charge in [0.15, 0.2) is 11.4 Å². The molecule has 0 aliphatic carbocycles. The summed E-state index contributed by atoms with van der Waals surface area (Å²) in [5.41, 5.74) is 2.11. The van der Waals surface area contributed by atoms with E-state index in [1.54, 1.807) is 15.2 Å². The first kappa shape index (κ1) is 31.3. The van der Waals surface area contributed by atoms with Gasteiger partial charge in [-0.15, -0.1) is 20.5 Å². The third-order valence-electron chi connectivity index (χ3n) is 8.56. The van der Waals surface area contributed by atoms with Crippen LogP contribution in [0, 0.1) is 0 Å². The van der Waals surface area contributed by atoms with E-state index >= 15 is 0 Å². The third kappa shape index (κ3) is 6.33. The highest BCUT2D eigenvalue weighted by atomic mass is 16.5. The summed E-state index contributed by atoms with van der Waals surface area (Å²) in [5, 5.41) is 39.6. The Morgan fingerprint density at radius 3 is 1.46 bits per heavy atom. The van der Waals surface area contributed by atoms with Crippen molar-refractivity contribution in [2.75, 3.05) is 52.6 Å². The molecule has 2 amide bonds. The number of carbonyl (C=O) groups is 2. The number of aromatic nitrogens is 2. The molecular weight excluding hydrogens is 616 g/mol. The van der Waals surface area contributed by atoms with E-state index in [1.807, 2.05) is 48.5 Å². The van der Waals surface area contributed by atoms with Gasteiger partial charge in [-0.25, -0.2) is 0 Å². The Morgan fingerprint density at radius 1 is 0.604 bits per heavy atom. The van der Waals surface area contributed by atoms with Crippen molar-refractivity contribution in [3.05, 3.63) is 83.9 Å². The average Bonchev–Trinajstić information content (AvgIpc) is 3.55. The van der Waals surface area contributed by atoms with Gasteiger partial charge in [-0.05, 0) is 30.3 Å². The van der Waals surface area contributed by atoms with Crippen LogP contribution < -0.4 is 0 Å². The number of hydrogen-bond acceptors (Lipinski definition) is 10. The molecule has 14 nitrogen and oxygen atoms in total. The van der Waals surface area contributed by atoms with Crippen molar-refractivity contribution in [2.45, 2.75) is 13.3 Å². The summed E-state index contributed by atoms with van der Waals surface area (Å²) in [4.78, 5) is 30.6. The van der Waals surface area contributed by atoms with Gasteiger partial charge in [0.1, 0.15) is 0 Å². The maximum absolute atomic E-state index is 13.1. The minimum absolute atomic E-state index is 0.0989. The molecule has 2 saturated heterocycles. The first-order valence-electron chi connectivity index (χ1n) is 15.7. The number of amides is 2. The van der Waals surface area contributed by atoms with Crippen LogP contribution in [0.25, 0.3) is 21.8 Å². The van der Waals surface area contributed by atoms with Crippen molar-refractivity contribution in [2.24, 2.45) is 20.5 Å². The highest BCUT2D eigenvalue weighted by Crippen LogP contribution is 2.40. The second-order valence-electron chi connectivity index (χ2n) is 11.6. The molecule has 3 aromatic carbocycles. The number of nitrogens with zero attached hydrogens (tertiary/aromatic N) is 8. The smallest absolute Gasteiger partial charge is 0.295 e. The second kappa shape index (κ2) is 13.8. The zero-order chi connectivity index (χ0) is 33.0. The van der Waals surface area contributed by atoms with Crippen molar-refractivity contribution < 1.29 is 29.3 Å². The highest BCUT2D eigenvalue weighted by molar-refractivity contribution is 6.01. The van der Waals surface area contributed by atoms with Crippen LogP contribution >= 0.6 is 0 Å². The van der Waals surface area contributed by atoms with Gasteiger partial charge in [0.2, 0.25) is 11.8 Å². The first-order chi connectivity index (χ1) is 23.5. The van der Waals surface area contributed by atoms with Crippen molar-refractivity contribution in [3.63, 3.8) is 0 Å². The number of azo groups is 2. The molecule has 0 radical (unpaired) electrons. The molecule has 7 rings (SSSR count). The summed E-state index contributed by atoms with van der Waals surface area (Å²) in [7, 11) is 0. The predicted octanol–water partition coefficient (Wildman–Crippen LogP) is 5.43. The second-order valence-corrected chi connectivity index (χ2v) is 11.6. The van der Waals surface area contributed by atoms with Gasteiger partial charge in [0.25, 0.3) is 11.8 Å². The van der Waals surface area contributed by atoms with E-state index < -0.39 is 11.8 Å². The Morgan fingerprint density at radius 2 is 1.02 bits per heavy atom. The van der Waals surface area contributed by atoms with Crippen LogP contribution in [-0.2, 0) is 22.8 Å². The molecule has 0 saturated carbocycles. The molecular formula is C34H34N8O6. The number of rotatable bonds is 8. The molecule has 0 atom stereocenters. The van der Waals surface area contributed by atoms with Gasteiger partial charge in [-0.1, -0.05) is 42.5 Å². The summed E-state index contributed by atoms with van der Waals surface area (Å²) in [6, 6.07) is 20.7. The van der Waals surface area contributed by atoms with Gasteiger partial charge >= 0.3 is 0 Å². The molecule has 0 spiro atoms. The van der Waals surface area contributed by atoms with Gasteiger partial charge in [0.05, 0.1) is 50.8 Å². The average molecular weight is 651 g/mol. The van der Waals surface area contributed by atoms with E-state index in [4.69, 9.17) is 9.47 Å². The van der Waals surface area contributed by atoms with Crippen LogP contribution in [0.4, 0.5) is 11.4 Å². The van der Waals surface area contributed by atoms with E-state index in [0.717, 1.165) is 37.2 Å². The maximum Gasteiger partial charge on any atom is 0.295 e. The Hall–Kier alpha value is -5.28. The minimum atomic E-state index is -0.699. The largest absolute Gasteiger partial charge is 0.493 e. The number of ether oxygens (including phenoxy) is 2. The van der Waals surface area contributed by atoms with Crippen molar-refractivity contribution >= 4 is 45.0 Å². The topological polar surface area (TPSA) is 159 Å². The fourth-order valence-electron chi connectivity index (χ4n) is 6.00. The lowest BCUT2D eigenvalue weighted by molar-refractivity contribution is 0.0231. The third-order valence-corrected chi connectivity index (χ3v) is 8.56. The number of para-hydroxylation sites is 2. The molecule has 5 aromatic rings. The van der Waals surface area contributed by atoms with E-state index in [1.165, 1.54) is 18.2 Å². The number of aromatic hydroxyl groups is 2. The summed E-state index contributed by atoms with van der Waals surface area (Å²) in [6.45, 7) is 6.26. The Kier molecular flexibility index (Phi) is 9.03. The quantitative estimate of drug-likeness (QED) is 0.210. The van der Waals surface area contributed by atoms with Crippen LogP contribution in [0.1, 0.15) is 20.7 Å². The van der Waals surface area contributed by atoms with Gasteiger partial charge in [0, 0.05) is 48.1 Å².